The van der Waals surface area contributed by atoms with Crippen molar-refractivity contribution < 1.29 is 9.66 Å². The number of nitrogens with one attached hydrogen (secondary N) is 1. The van der Waals surface area contributed by atoms with Crippen molar-refractivity contribution in [1.29, 1.82) is 0 Å². The molecule has 0 radical (unpaired) electrons. The molecule has 2 aromatic rings. The van der Waals surface area contributed by atoms with Crippen LogP contribution in [0.3, 0.4) is 0 Å². The van der Waals surface area contributed by atoms with Crippen LogP contribution in [-0.4, -0.2) is 11.5 Å². The number of nitro benzene ring substituents is 1. The Morgan fingerprint density at radius 1 is 1.23 bits per heavy atom. The van der Waals surface area contributed by atoms with Crippen LogP contribution in [0.4, 0.5) is 11.4 Å². The zero-order valence-electron chi connectivity index (χ0n) is 14.9. The van der Waals surface area contributed by atoms with E-state index in [0.717, 1.165) is 29.0 Å². The first-order valence-electron chi connectivity index (χ1n) is 9.04. The number of para-hydroxylation sites is 1. The molecule has 4 rings (SSSR count). The molecule has 0 fully saturated rings. The van der Waals surface area contributed by atoms with Gasteiger partial charge in [-0.3, -0.25) is 10.1 Å². The molecule has 3 atom stereocenters. The van der Waals surface area contributed by atoms with E-state index in [9.17, 15) is 10.1 Å². The Morgan fingerprint density at radius 2 is 2.04 bits per heavy atom. The summed E-state index contributed by atoms with van der Waals surface area (Å²) in [5, 5.41) is 15.0. The van der Waals surface area contributed by atoms with Crippen molar-refractivity contribution in [3.05, 3.63) is 75.4 Å². The summed E-state index contributed by atoms with van der Waals surface area (Å²) in [4.78, 5) is 11.1. The number of hydrogen-bond acceptors (Lipinski definition) is 4. The Hall–Kier alpha value is -2.82. The van der Waals surface area contributed by atoms with Gasteiger partial charge in [0.25, 0.3) is 5.69 Å². The average molecular weight is 350 g/mol. The van der Waals surface area contributed by atoms with Crippen LogP contribution in [0.5, 0.6) is 5.75 Å². The molecule has 1 N–H and O–H groups in total. The maximum absolute atomic E-state index is 11.4. The van der Waals surface area contributed by atoms with Crippen LogP contribution in [0.1, 0.15) is 42.0 Å². The maximum atomic E-state index is 11.4. The minimum Gasteiger partial charge on any atom is -0.494 e. The van der Waals surface area contributed by atoms with Gasteiger partial charge in [-0.05, 0) is 43.9 Å². The van der Waals surface area contributed by atoms with Crippen molar-refractivity contribution in [2.75, 3.05) is 11.9 Å². The van der Waals surface area contributed by atoms with Gasteiger partial charge in [-0.25, -0.2) is 0 Å². The van der Waals surface area contributed by atoms with Crippen molar-refractivity contribution in [2.24, 2.45) is 5.92 Å². The largest absolute Gasteiger partial charge is 0.494 e. The van der Waals surface area contributed by atoms with E-state index in [-0.39, 0.29) is 22.6 Å². The highest BCUT2D eigenvalue weighted by Crippen LogP contribution is 2.52. The average Bonchev–Trinajstić information content (AvgIpc) is 3.12. The Labute approximate surface area is 152 Å². The summed E-state index contributed by atoms with van der Waals surface area (Å²) in [5.74, 6) is 1.53. The number of anilines is 1. The van der Waals surface area contributed by atoms with Crippen LogP contribution in [0, 0.1) is 23.0 Å². The van der Waals surface area contributed by atoms with Crippen molar-refractivity contribution >= 4 is 11.4 Å². The van der Waals surface area contributed by atoms with E-state index in [1.807, 2.05) is 38.1 Å². The van der Waals surface area contributed by atoms with Crippen LogP contribution >= 0.6 is 0 Å². The highest BCUT2D eigenvalue weighted by atomic mass is 16.6. The van der Waals surface area contributed by atoms with Crippen molar-refractivity contribution in [3.63, 3.8) is 0 Å². The van der Waals surface area contributed by atoms with Crippen LogP contribution < -0.4 is 10.1 Å². The molecule has 2 aromatic carbocycles. The fourth-order valence-electron chi connectivity index (χ4n) is 4.33. The van der Waals surface area contributed by atoms with E-state index in [4.69, 9.17) is 4.74 Å². The van der Waals surface area contributed by atoms with Crippen molar-refractivity contribution in [2.45, 2.75) is 32.2 Å². The highest BCUT2D eigenvalue weighted by molar-refractivity contribution is 5.69. The number of rotatable bonds is 4. The second kappa shape index (κ2) is 6.48. The molecular weight excluding hydrogens is 328 g/mol. The summed E-state index contributed by atoms with van der Waals surface area (Å²) in [6.45, 7) is 4.42. The summed E-state index contributed by atoms with van der Waals surface area (Å²) in [6.07, 6.45) is 5.45. The van der Waals surface area contributed by atoms with Gasteiger partial charge in [0.05, 0.1) is 23.1 Å². The standard InChI is InChI=1S/C21H22N2O3/c1-3-26-19-10-5-4-7-17(19)21-15-9-6-8-14(15)16-11-12-18(23(24)25)13(2)20(16)22-21/h4-8,10-12,14-15,21-22H,3,9H2,1-2H3. The highest BCUT2D eigenvalue weighted by Gasteiger charge is 2.40. The van der Waals surface area contributed by atoms with Crippen molar-refractivity contribution in [1.82, 2.24) is 0 Å². The lowest BCUT2D eigenvalue weighted by Crippen LogP contribution is -2.30. The first-order valence-corrected chi connectivity index (χ1v) is 9.04. The third-order valence-electron chi connectivity index (χ3n) is 5.52. The van der Waals surface area contributed by atoms with Gasteiger partial charge in [-0.2, -0.15) is 0 Å². The van der Waals surface area contributed by atoms with Crippen LogP contribution in [0.2, 0.25) is 0 Å². The smallest absolute Gasteiger partial charge is 0.274 e. The van der Waals surface area contributed by atoms with E-state index < -0.39 is 0 Å². The lowest BCUT2D eigenvalue weighted by molar-refractivity contribution is -0.385. The molecule has 0 bridgehead atoms. The predicted octanol–water partition coefficient (Wildman–Crippen LogP) is 5.13. The molecule has 134 valence electrons. The molecule has 1 aliphatic heterocycles. The number of nitro groups is 1. The second-order valence-electron chi connectivity index (χ2n) is 6.88. The number of fused-ring (bicyclic) bond motifs is 3. The Bertz CT molecular complexity index is 891. The third-order valence-corrected chi connectivity index (χ3v) is 5.52. The number of nitrogens with zero attached hydrogens (tertiary/aromatic N) is 1. The summed E-state index contributed by atoms with van der Waals surface area (Å²) in [5.41, 5.74) is 4.02. The zero-order chi connectivity index (χ0) is 18.3. The number of benzene rings is 2. The number of ether oxygens (including phenoxy) is 1. The molecule has 1 aliphatic carbocycles. The Kier molecular flexibility index (Phi) is 4.15. The lowest BCUT2D eigenvalue weighted by atomic mass is 9.76. The van der Waals surface area contributed by atoms with Crippen LogP contribution in [-0.2, 0) is 0 Å². The van der Waals surface area contributed by atoms with E-state index in [2.05, 4.69) is 23.5 Å². The summed E-state index contributed by atoms with van der Waals surface area (Å²) in [7, 11) is 0. The minimum absolute atomic E-state index is 0.0611. The van der Waals surface area contributed by atoms with Crippen LogP contribution in [0.15, 0.2) is 48.6 Å². The molecule has 0 spiro atoms. The fraction of sp³-hybridized carbons (Fsp3) is 0.333. The zero-order valence-corrected chi connectivity index (χ0v) is 14.9. The molecule has 0 aromatic heterocycles. The topological polar surface area (TPSA) is 64.4 Å². The first-order chi connectivity index (χ1) is 12.6. The summed E-state index contributed by atoms with van der Waals surface area (Å²) >= 11 is 0. The monoisotopic (exact) mass is 350 g/mol. The molecule has 2 aliphatic rings. The van der Waals surface area contributed by atoms with Gasteiger partial charge in [-0.15, -0.1) is 0 Å². The fourth-order valence-corrected chi connectivity index (χ4v) is 4.33. The van der Waals surface area contributed by atoms with Gasteiger partial charge in [0.15, 0.2) is 0 Å². The molecule has 5 heteroatoms. The molecular formula is C21H22N2O3. The van der Waals surface area contributed by atoms with Gasteiger partial charge in [-0.1, -0.05) is 30.4 Å². The van der Waals surface area contributed by atoms with Gasteiger partial charge in [0.2, 0.25) is 0 Å². The second-order valence-corrected chi connectivity index (χ2v) is 6.88. The van der Waals surface area contributed by atoms with Gasteiger partial charge >= 0.3 is 0 Å². The van der Waals surface area contributed by atoms with Gasteiger partial charge < -0.3 is 10.1 Å². The van der Waals surface area contributed by atoms with Gasteiger partial charge in [0, 0.05) is 23.2 Å². The normalized spacial score (nSPS) is 23.1. The van der Waals surface area contributed by atoms with Crippen molar-refractivity contribution in [3.8, 4) is 5.75 Å². The molecule has 0 amide bonds. The SMILES string of the molecule is CCOc1ccccc1C1Nc2c(ccc([N+](=O)[O-])c2C)C2C=CCC21. The van der Waals surface area contributed by atoms with E-state index >= 15 is 0 Å². The summed E-state index contributed by atoms with van der Waals surface area (Å²) < 4.78 is 5.85. The molecule has 5 nitrogen and oxygen atoms in total. The quantitative estimate of drug-likeness (QED) is 0.472. The van der Waals surface area contributed by atoms with E-state index in [1.54, 1.807) is 6.07 Å². The Balaban J connectivity index is 1.83. The molecule has 3 unspecified atom stereocenters. The minimum atomic E-state index is -0.309. The van der Waals surface area contributed by atoms with E-state index in [0.29, 0.717) is 18.1 Å². The number of allylic oxidation sites excluding steroid dienone is 2. The molecule has 0 saturated heterocycles. The Morgan fingerprint density at radius 3 is 2.81 bits per heavy atom. The molecule has 26 heavy (non-hydrogen) atoms. The molecule has 1 heterocycles. The van der Waals surface area contributed by atoms with Crippen LogP contribution in [0.25, 0.3) is 0 Å². The third kappa shape index (κ3) is 2.55. The first kappa shape index (κ1) is 16.6. The summed E-state index contributed by atoms with van der Waals surface area (Å²) in [6, 6.07) is 11.7. The number of hydrogen-bond donors (Lipinski definition) is 1. The van der Waals surface area contributed by atoms with Gasteiger partial charge in [0.1, 0.15) is 5.75 Å². The van der Waals surface area contributed by atoms with E-state index in [1.165, 1.54) is 0 Å². The maximum Gasteiger partial charge on any atom is 0.274 e. The lowest BCUT2D eigenvalue weighted by Gasteiger charge is -2.38. The predicted molar refractivity (Wildman–Crippen MR) is 102 cm³/mol. The molecule has 0 saturated carbocycles.